The molecule has 0 saturated heterocycles. The second-order valence-corrected chi connectivity index (χ2v) is 3.69. The first-order valence-electron chi connectivity index (χ1n) is 4.56. The van der Waals surface area contributed by atoms with E-state index in [9.17, 15) is 10.2 Å². The van der Waals surface area contributed by atoms with Crippen LogP contribution in [-0.4, -0.2) is 26.1 Å². The van der Waals surface area contributed by atoms with E-state index in [-0.39, 0.29) is 0 Å². The minimum atomic E-state index is -1.17. The Morgan fingerprint density at radius 3 is 2.92 bits per heavy atom. The Morgan fingerprint density at radius 1 is 1.69 bits per heavy atom. The first-order chi connectivity index (χ1) is 6.13. The van der Waals surface area contributed by atoms with E-state index in [1.54, 1.807) is 6.20 Å². The van der Waals surface area contributed by atoms with Gasteiger partial charge in [-0.15, -0.1) is 0 Å². The lowest BCUT2D eigenvalue weighted by Gasteiger charge is -2.26. The van der Waals surface area contributed by atoms with Crippen molar-refractivity contribution in [1.29, 1.82) is 0 Å². The third-order valence-corrected chi connectivity index (χ3v) is 2.68. The van der Waals surface area contributed by atoms with Gasteiger partial charge in [-0.3, -0.25) is 0 Å². The van der Waals surface area contributed by atoms with Crippen molar-refractivity contribution in [2.24, 2.45) is 0 Å². The minimum Gasteiger partial charge on any atom is -0.388 e. The fourth-order valence-electron chi connectivity index (χ4n) is 1.85. The van der Waals surface area contributed by atoms with Gasteiger partial charge in [0.15, 0.2) is 5.72 Å². The molecule has 4 heteroatoms. The Morgan fingerprint density at radius 2 is 2.46 bits per heavy atom. The summed E-state index contributed by atoms with van der Waals surface area (Å²) in [5, 5.41) is 23.8. The number of aromatic nitrogens is 2. The maximum Gasteiger partial charge on any atom is 0.183 e. The molecule has 13 heavy (non-hydrogen) atoms. The summed E-state index contributed by atoms with van der Waals surface area (Å²) in [4.78, 5) is 0. The highest BCUT2D eigenvalue weighted by Gasteiger charge is 2.42. The SMILES string of the molecule is Cc1ccn(C2(O)CCCC2O)n1. The zero-order valence-corrected chi connectivity index (χ0v) is 7.64. The third-order valence-electron chi connectivity index (χ3n) is 2.68. The molecule has 0 aromatic carbocycles. The van der Waals surface area contributed by atoms with Gasteiger partial charge in [0, 0.05) is 6.20 Å². The normalized spacial score (nSPS) is 33.9. The van der Waals surface area contributed by atoms with E-state index in [4.69, 9.17) is 0 Å². The molecule has 2 unspecified atom stereocenters. The van der Waals surface area contributed by atoms with Crippen molar-refractivity contribution in [3.8, 4) is 0 Å². The van der Waals surface area contributed by atoms with Gasteiger partial charge in [0.05, 0.1) is 5.69 Å². The van der Waals surface area contributed by atoms with Gasteiger partial charge in [0.1, 0.15) is 6.10 Å². The van der Waals surface area contributed by atoms with Crippen LogP contribution >= 0.6 is 0 Å². The van der Waals surface area contributed by atoms with Crippen LogP contribution in [0.1, 0.15) is 25.0 Å². The summed E-state index contributed by atoms with van der Waals surface area (Å²) in [6.45, 7) is 1.86. The fourth-order valence-corrected chi connectivity index (χ4v) is 1.85. The number of nitrogens with zero attached hydrogens (tertiary/aromatic N) is 2. The Balaban J connectivity index is 2.33. The van der Waals surface area contributed by atoms with E-state index in [1.807, 2.05) is 13.0 Å². The highest BCUT2D eigenvalue weighted by Crippen LogP contribution is 2.33. The van der Waals surface area contributed by atoms with E-state index < -0.39 is 11.8 Å². The lowest BCUT2D eigenvalue weighted by molar-refractivity contribution is -0.123. The smallest absolute Gasteiger partial charge is 0.183 e. The molecule has 0 amide bonds. The molecule has 2 N–H and O–H groups in total. The van der Waals surface area contributed by atoms with Crippen LogP contribution in [0.5, 0.6) is 0 Å². The molecule has 1 aliphatic rings. The Kier molecular flexibility index (Phi) is 1.89. The molecule has 0 bridgehead atoms. The van der Waals surface area contributed by atoms with Gasteiger partial charge in [-0.25, -0.2) is 4.68 Å². The summed E-state index contributed by atoms with van der Waals surface area (Å²) in [7, 11) is 0. The standard InChI is InChI=1S/C9H14N2O2/c1-7-4-6-11(10-7)9(13)5-2-3-8(9)12/h4,6,8,12-13H,2-3,5H2,1H3. The van der Waals surface area contributed by atoms with Crippen LogP contribution in [0.25, 0.3) is 0 Å². The first kappa shape index (κ1) is 8.72. The van der Waals surface area contributed by atoms with Crippen LogP contribution in [0.2, 0.25) is 0 Å². The zero-order valence-electron chi connectivity index (χ0n) is 7.64. The van der Waals surface area contributed by atoms with Gasteiger partial charge in [0.25, 0.3) is 0 Å². The van der Waals surface area contributed by atoms with E-state index in [2.05, 4.69) is 5.10 Å². The second-order valence-electron chi connectivity index (χ2n) is 3.69. The number of rotatable bonds is 1. The van der Waals surface area contributed by atoms with Crippen molar-refractivity contribution in [3.05, 3.63) is 18.0 Å². The van der Waals surface area contributed by atoms with Crippen LogP contribution in [0.15, 0.2) is 12.3 Å². The van der Waals surface area contributed by atoms with Gasteiger partial charge in [0.2, 0.25) is 0 Å². The molecule has 1 aromatic heterocycles. The monoisotopic (exact) mass is 182 g/mol. The average molecular weight is 182 g/mol. The van der Waals surface area contributed by atoms with E-state index in [0.717, 1.165) is 12.1 Å². The molecule has 4 nitrogen and oxygen atoms in total. The van der Waals surface area contributed by atoms with Crippen LogP contribution in [0.3, 0.4) is 0 Å². The van der Waals surface area contributed by atoms with Crippen molar-refractivity contribution < 1.29 is 10.2 Å². The van der Waals surface area contributed by atoms with Crippen LogP contribution < -0.4 is 0 Å². The van der Waals surface area contributed by atoms with Gasteiger partial charge < -0.3 is 10.2 Å². The molecule has 72 valence electrons. The first-order valence-corrected chi connectivity index (χ1v) is 4.56. The number of aryl methyl sites for hydroxylation is 1. The van der Waals surface area contributed by atoms with Gasteiger partial charge in [-0.05, 0) is 32.3 Å². The van der Waals surface area contributed by atoms with E-state index in [0.29, 0.717) is 12.8 Å². The summed E-state index contributed by atoms with van der Waals surface area (Å²) in [5.41, 5.74) is -0.318. The molecule has 2 atom stereocenters. The Bertz CT molecular complexity index is 310. The largest absolute Gasteiger partial charge is 0.388 e. The van der Waals surface area contributed by atoms with Gasteiger partial charge in [-0.1, -0.05) is 0 Å². The highest BCUT2D eigenvalue weighted by molar-refractivity contribution is 4.99. The molecule has 0 spiro atoms. The quantitative estimate of drug-likeness (QED) is 0.660. The predicted molar refractivity (Wildman–Crippen MR) is 47.0 cm³/mol. The van der Waals surface area contributed by atoms with Crippen LogP contribution in [0, 0.1) is 6.92 Å². The molecule has 1 saturated carbocycles. The lowest BCUT2D eigenvalue weighted by Crippen LogP contribution is -2.41. The summed E-state index contributed by atoms with van der Waals surface area (Å²) >= 11 is 0. The van der Waals surface area contributed by atoms with Gasteiger partial charge in [-0.2, -0.15) is 5.10 Å². The summed E-state index contributed by atoms with van der Waals surface area (Å²) in [6, 6.07) is 1.82. The highest BCUT2D eigenvalue weighted by atomic mass is 16.4. The topological polar surface area (TPSA) is 58.3 Å². The van der Waals surface area contributed by atoms with Crippen molar-refractivity contribution in [3.63, 3.8) is 0 Å². The van der Waals surface area contributed by atoms with E-state index in [1.165, 1.54) is 4.68 Å². The summed E-state index contributed by atoms with van der Waals surface area (Å²) in [5.74, 6) is 0. The molecule has 0 aliphatic heterocycles. The van der Waals surface area contributed by atoms with Crippen LogP contribution in [-0.2, 0) is 5.72 Å². The molecule has 1 aliphatic carbocycles. The second kappa shape index (κ2) is 2.82. The molecular weight excluding hydrogens is 168 g/mol. The number of hydrogen-bond donors (Lipinski definition) is 2. The van der Waals surface area contributed by atoms with Crippen LogP contribution in [0.4, 0.5) is 0 Å². The molecular formula is C9H14N2O2. The van der Waals surface area contributed by atoms with Crippen molar-refractivity contribution in [2.45, 2.75) is 38.0 Å². The Labute approximate surface area is 76.8 Å². The average Bonchev–Trinajstić information content (AvgIpc) is 2.62. The molecule has 1 fully saturated rings. The summed E-state index contributed by atoms with van der Waals surface area (Å²) < 4.78 is 1.47. The van der Waals surface area contributed by atoms with E-state index >= 15 is 0 Å². The fraction of sp³-hybridized carbons (Fsp3) is 0.667. The van der Waals surface area contributed by atoms with Crippen molar-refractivity contribution in [1.82, 2.24) is 9.78 Å². The minimum absolute atomic E-state index is 0.579. The van der Waals surface area contributed by atoms with Crippen molar-refractivity contribution in [2.75, 3.05) is 0 Å². The number of aliphatic hydroxyl groups excluding tert-OH is 1. The molecule has 0 radical (unpaired) electrons. The molecule has 1 aromatic rings. The summed E-state index contributed by atoms with van der Waals surface area (Å²) in [6.07, 6.45) is 3.09. The number of aliphatic hydroxyl groups is 2. The number of hydrogen-bond acceptors (Lipinski definition) is 3. The molecule has 1 heterocycles. The maximum absolute atomic E-state index is 10.1. The predicted octanol–water partition coefficient (Wildman–Crippen LogP) is 0.381. The van der Waals surface area contributed by atoms with Crippen molar-refractivity contribution >= 4 is 0 Å². The molecule has 2 rings (SSSR count). The lowest BCUT2D eigenvalue weighted by atomic mass is 10.1. The Hall–Kier alpha value is -0.870. The maximum atomic E-state index is 10.1. The zero-order chi connectivity index (χ0) is 9.47. The third kappa shape index (κ3) is 1.26. The van der Waals surface area contributed by atoms with Gasteiger partial charge >= 0.3 is 0 Å².